The van der Waals surface area contributed by atoms with Crippen LogP contribution in [0.5, 0.6) is 5.75 Å². The van der Waals surface area contributed by atoms with Crippen LogP contribution in [0.4, 0.5) is 5.69 Å². The Labute approximate surface area is 170 Å². The third-order valence-corrected chi connectivity index (χ3v) is 5.12. The molecule has 0 atom stereocenters. The summed E-state index contributed by atoms with van der Waals surface area (Å²) in [6, 6.07) is 21.3. The molecule has 0 aromatic heterocycles. The summed E-state index contributed by atoms with van der Waals surface area (Å²) < 4.78 is 5.63. The Balaban J connectivity index is 1.34. The van der Waals surface area contributed by atoms with E-state index in [9.17, 15) is 9.59 Å². The molecule has 1 saturated heterocycles. The highest BCUT2D eigenvalue weighted by Crippen LogP contribution is 2.19. The second kappa shape index (κ2) is 8.78. The van der Waals surface area contributed by atoms with Crippen LogP contribution < -0.4 is 10.1 Å². The number of likely N-dealkylation sites (tertiary alicyclic amines) is 1. The molecule has 2 amide bonds. The zero-order valence-corrected chi connectivity index (χ0v) is 16.3. The Bertz CT molecular complexity index is 1030. The highest BCUT2D eigenvalue weighted by atomic mass is 16.5. The molecule has 5 nitrogen and oxygen atoms in total. The summed E-state index contributed by atoms with van der Waals surface area (Å²) >= 11 is 0. The van der Waals surface area contributed by atoms with Gasteiger partial charge >= 0.3 is 0 Å². The first kappa shape index (κ1) is 19.0. The van der Waals surface area contributed by atoms with Crippen LogP contribution in [0.15, 0.2) is 66.7 Å². The summed E-state index contributed by atoms with van der Waals surface area (Å²) in [5.74, 6) is 0.486. The van der Waals surface area contributed by atoms with Gasteiger partial charge in [-0.3, -0.25) is 9.59 Å². The predicted octanol–water partition coefficient (Wildman–Crippen LogP) is 4.02. The molecule has 0 saturated carbocycles. The van der Waals surface area contributed by atoms with Gasteiger partial charge in [0.2, 0.25) is 5.91 Å². The molecule has 0 unspecified atom stereocenters. The molecule has 1 aliphatic rings. The lowest BCUT2D eigenvalue weighted by molar-refractivity contribution is -0.132. The van der Waals surface area contributed by atoms with E-state index in [0.29, 0.717) is 17.9 Å². The number of benzene rings is 3. The van der Waals surface area contributed by atoms with Gasteiger partial charge < -0.3 is 15.0 Å². The van der Waals surface area contributed by atoms with Gasteiger partial charge in [-0.2, -0.15) is 0 Å². The van der Waals surface area contributed by atoms with Gasteiger partial charge in [0.1, 0.15) is 5.75 Å². The van der Waals surface area contributed by atoms with Crippen molar-refractivity contribution in [3.63, 3.8) is 0 Å². The van der Waals surface area contributed by atoms with Crippen LogP contribution in [0, 0.1) is 0 Å². The van der Waals surface area contributed by atoms with Crippen LogP contribution in [-0.2, 0) is 16.0 Å². The number of nitrogens with one attached hydrogen (secondary N) is 1. The van der Waals surface area contributed by atoms with Crippen LogP contribution in [-0.4, -0.2) is 36.4 Å². The first-order chi connectivity index (χ1) is 14.2. The van der Waals surface area contributed by atoms with Crippen molar-refractivity contribution in [2.45, 2.75) is 19.3 Å². The fourth-order valence-electron chi connectivity index (χ4n) is 3.61. The molecule has 1 aliphatic heterocycles. The third kappa shape index (κ3) is 4.93. The molecule has 3 aromatic rings. The maximum atomic E-state index is 12.5. The van der Waals surface area contributed by atoms with Crippen molar-refractivity contribution in [3.05, 3.63) is 72.3 Å². The van der Waals surface area contributed by atoms with E-state index < -0.39 is 0 Å². The molecule has 1 heterocycles. The van der Waals surface area contributed by atoms with Crippen LogP contribution in [0.1, 0.15) is 18.4 Å². The fraction of sp³-hybridized carbons (Fsp3) is 0.250. The Morgan fingerprint density at radius 3 is 2.52 bits per heavy atom. The molecule has 3 aromatic carbocycles. The summed E-state index contributed by atoms with van der Waals surface area (Å²) in [5, 5.41) is 5.19. The van der Waals surface area contributed by atoms with Gasteiger partial charge in [0.15, 0.2) is 6.61 Å². The van der Waals surface area contributed by atoms with E-state index in [1.165, 1.54) is 0 Å². The average Bonchev–Trinajstić information content (AvgIpc) is 3.27. The van der Waals surface area contributed by atoms with Gasteiger partial charge in [-0.15, -0.1) is 0 Å². The Hall–Kier alpha value is -3.34. The topological polar surface area (TPSA) is 58.6 Å². The number of fused-ring (bicyclic) bond motifs is 1. The lowest BCUT2D eigenvalue weighted by atomic mass is 10.0. The summed E-state index contributed by atoms with van der Waals surface area (Å²) in [6.07, 6.45) is 2.41. The van der Waals surface area contributed by atoms with E-state index >= 15 is 0 Å². The molecule has 1 N–H and O–H groups in total. The SMILES string of the molecule is O=C(Cc1ccc2ccccc2c1)Nc1cccc(OCC(=O)N2CCCC2)c1. The van der Waals surface area contributed by atoms with Gasteiger partial charge in [-0.05, 0) is 41.3 Å². The van der Waals surface area contributed by atoms with Gasteiger partial charge in [-0.1, -0.05) is 48.5 Å². The Morgan fingerprint density at radius 2 is 1.69 bits per heavy atom. The van der Waals surface area contributed by atoms with Crippen molar-refractivity contribution >= 4 is 28.3 Å². The maximum Gasteiger partial charge on any atom is 0.260 e. The first-order valence-corrected chi connectivity index (χ1v) is 9.95. The van der Waals surface area contributed by atoms with Gasteiger partial charge in [-0.25, -0.2) is 0 Å². The van der Waals surface area contributed by atoms with Gasteiger partial charge in [0.25, 0.3) is 5.91 Å². The zero-order chi connectivity index (χ0) is 20.1. The molecule has 0 bridgehead atoms. The van der Waals surface area contributed by atoms with Crippen molar-refractivity contribution in [2.75, 3.05) is 25.0 Å². The van der Waals surface area contributed by atoms with Crippen LogP contribution in [0.2, 0.25) is 0 Å². The summed E-state index contributed by atoms with van der Waals surface area (Å²) in [5.41, 5.74) is 1.62. The number of hydrogen-bond acceptors (Lipinski definition) is 3. The Kier molecular flexibility index (Phi) is 5.75. The van der Waals surface area contributed by atoms with Crippen molar-refractivity contribution in [1.82, 2.24) is 4.90 Å². The van der Waals surface area contributed by atoms with Crippen LogP contribution in [0.25, 0.3) is 10.8 Å². The number of ether oxygens (including phenoxy) is 1. The van der Waals surface area contributed by atoms with Crippen molar-refractivity contribution in [1.29, 1.82) is 0 Å². The quantitative estimate of drug-likeness (QED) is 0.694. The van der Waals surface area contributed by atoms with Crippen molar-refractivity contribution < 1.29 is 14.3 Å². The van der Waals surface area contributed by atoms with Crippen LogP contribution >= 0.6 is 0 Å². The average molecular weight is 388 g/mol. The second-order valence-corrected chi connectivity index (χ2v) is 7.31. The minimum atomic E-state index is -0.0921. The van der Waals surface area contributed by atoms with E-state index in [0.717, 1.165) is 42.3 Å². The van der Waals surface area contributed by atoms with Crippen molar-refractivity contribution in [2.24, 2.45) is 0 Å². The van der Waals surface area contributed by atoms with E-state index in [-0.39, 0.29) is 18.4 Å². The normalized spacial score (nSPS) is 13.4. The summed E-state index contributed by atoms with van der Waals surface area (Å²) in [6.45, 7) is 1.65. The Morgan fingerprint density at radius 1 is 0.897 bits per heavy atom. The molecule has 148 valence electrons. The summed E-state index contributed by atoms with van der Waals surface area (Å²) in [7, 11) is 0. The number of carbonyl (C=O) groups is 2. The molecule has 4 rings (SSSR count). The lowest BCUT2D eigenvalue weighted by Gasteiger charge is -2.15. The highest BCUT2D eigenvalue weighted by molar-refractivity contribution is 5.93. The number of rotatable bonds is 6. The third-order valence-electron chi connectivity index (χ3n) is 5.12. The molecule has 0 aliphatic carbocycles. The minimum Gasteiger partial charge on any atom is -0.484 e. The van der Waals surface area contributed by atoms with Crippen LogP contribution in [0.3, 0.4) is 0 Å². The summed E-state index contributed by atoms with van der Waals surface area (Å²) in [4.78, 5) is 26.4. The second-order valence-electron chi connectivity index (χ2n) is 7.31. The van der Waals surface area contributed by atoms with E-state index in [1.807, 2.05) is 47.4 Å². The van der Waals surface area contributed by atoms with E-state index in [1.54, 1.807) is 18.2 Å². The number of hydrogen-bond donors (Lipinski definition) is 1. The molecule has 5 heteroatoms. The molecule has 29 heavy (non-hydrogen) atoms. The molecule has 0 radical (unpaired) electrons. The molecule has 0 spiro atoms. The van der Waals surface area contributed by atoms with E-state index in [2.05, 4.69) is 11.4 Å². The molecular weight excluding hydrogens is 364 g/mol. The molecule has 1 fully saturated rings. The standard InChI is InChI=1S/C24H24N2O3/c27-23(15-18-10-11-19-6-1-2-7-20(19)14-18)25-21-8-5-9-22(16-21)29-17-24(28)26-12-3-4-13-26/h1-2,5-11,14,16H,3-4,12-13,15,17H2,(H,25,27). The largest absolute Gasteiger partial charge is 0.484 e. The predicted molar refractivity (Wildman–Crippen MR) is 114 cm³/mol. The maximum absolute atomic E-state index is 12.5. The van der Waals surface area contributed by atoms with E-state index in [4.69, 9.17) is 4.74 Å². The van der Waals surface area contributed by atoms with Gasteiger partial charge in [0, 0.05) is 24.8 Å². The number of nitrogens with zero attached hydrogens (tertiary/aromatic N) is 1. The number of anilines is 1. The highest BCUT2D eigenvalue weighted by Gasteiger charge is 2.18. The minimum absolute atomic E-state index is 0.00763. The molecular formula is C24H24N2O3. The van der Waals surface area contributed by atoms with Gasteiger partial charge in [0.05, 0.1) is 6.42 Å². The number of amides is 2. The zero-order valence-electron chi connectivity index (χ0n) is 16.3. The smallest absolute Gasteiger partial charge is 0.260 e. The lowest BCUT2D eigenvalue weighted by Crippen LogP contribution is -2.32. The number of carbonyl (C=O) groups excluding carboxylic acids is 2. The first-order valence-electron chi connectivity index (χ1n) is 9.95. The van der Waals surface area contributed by atoms with Crippen molar-refractivity contribution in [3.8, 4) is 5.75 Å². The monoisotopic (exact) mass is 388 g/mol. The fourth-order valence-corrected chi connectivity index (χ4v) is 3.61.